The number of hydrogen-bond donors (Lipinski definition) is 3. The summed E-state index contributed by atoms with van der Waals surface area (Å²) < 4.78 is 328. The molecular formula is C37H33F25O8. The van der Waals surface area contributed by atoms with Crippen LogP contribution in [0.25, 0.3) is 0 Å². The van der Waals surface area contributed by atoms with Gasteiger partial charge in [-0.3, -0.25) is 14.4 Å². The maximum atomic E-state index is 14.4. The molecule has 33 heteroatoms. The largest absolute Gasteiger partial charge is 0.481 e. The molecule has 70 heavy (non-hydrogen) atoms. The highest BCUT2D eigenvalue weighted by molar-refractivity contribution is 5.80. The number of carbonyl (C=O) groups excluding carboxylic acids is 1. The number of carboxylic acid groups (broad SMARTS) is 3. The van der Waals surface area contributed by atoms with Crippen molar-refractivity contribution in [3.8, 4) is 0 Å². The summed E-state index contributed by atoms with van der Waals surface area (Å²) in [4.78, 5) is 45.0. The molecule has 0 aromatic rings. The van der Waals surface area contributed by atoms with E-state index in [0.717, 1.165) is 0 Å². The van der Waals surface area contributed by atoms with Crippen molar-refractivity contribution < 1.29 is 149 Å². The zero-order valence-electron chi connectivity index (χ0n) is 34.3. The Bertz CT molecular complexity index is 2040. The standard InChI is InChI=1S/C16H15F9O4.C14H16F6O2.C7H2F10O2/c17-13(18,14(19,20)15(21,22)16(23,24)25)10(28)29-12-4-7-1-8(5-12)3-11(2-7,6-12)9(26)27;15-9(14(18,19)20)13(16,17)12-4-7-1-8(5-12)3-11(2-7,6-12)10(21)22;8-3(9)1(2(18)19)4(10,11)6(14,15)7(16,17)5(3,12)13/h7-8H,1-6H2,(H,26,27);7-9H,1-6H2,(H,21,22);1H,(H,18,19). The molecule has 0 aromatic carbocycles. The smallest absolute Gasteiger partial charge is 0.460 e. The lowest BCUT2D eigenvalue weighted by atomic mass is 9.42. The average Bonchev–Trinajstić information content (AvgIpc) is 3.14. The van der Waals surface area contributed by atoms with Crippen molar-refractivity contribution >= 4 is 23.9 Å². The van der Waals surface area contributed by atoms with Crippen molar-refractivity contribution in [1.82, 2.24) is 0 Å². The van der Waals surface area contributed by atoms with E-state index in [1.54, 1.807) is 0 Å². The van der Waals surface area contributed by atoms with Gasteiger partial charge in [0.05, 0.1) is 10.8 Å². The van der Waals surface area contributed by atoms with Gasteiger partial charge in [0.1, 0.15) is 5.60 Å². The Morgan fingerprint density at radius 1 is 0.500 bits per heavy atom. The van der Waals surface area contributed by atoms with E-state index in [0.29, 0.717) is 12.8 Å². The zero-order valence-corrected chi connectivity index (χ0v) is 34.3. The summed E-state index contributed by atoms with van der Waals surface area (Å²) >= 11 is 0. The maximum Gasteiger partial charge on any atom is 0.460 e. The van der Waals surface area contributed by atoms with Gasteiger partial charge in [0.15, 0.2) is 5.92 Å². The number of ether oxygens (including phenoxy) is 1. The Kier molecular flexibility index (Phi) is 13.1. The van der Waals surface area contributed by atoms with Gasteiger partial charge in [-0.05, 0) is 94.3 Å². The molecule has 0 aromatic heterocycles. The Morgan fingerprint density at radius 2 is 0.857 bits per heavy atom. The number of rotatable bonds is 9. The van der Waals surface area contributed by atoms with Crippen LogP contribution in [0.1, 0.15) is 77.0 Å². The lowest BCUT2D eigenvalue weighted by Crippen LogP contribution is -2.78. The Hall–Kier alpha value is -3.87. The molecule has 3 N–H and O–H groups in total. The van der Waals surface area contributed by atoms with Crippen molar-refractivity contribution in [1.29, 1.82) is 0 Å². The van der Waals surface area contributed by atoms with E-state index in [4.69, 9.17) is 5.11 Å². The third-order valence-electron chi connectivity index (χ3n) is 14.6. The highest BCUT2D eigenvalue weighted by Crippen LogP contribution is 2.71. The fourth-order valence-corrected chi connectivity index (χ4v) is 12.2. The quantitative estimate of drug-likeness (QED) is 0.153. The van der Waals surface area contributed by atoms with Gasteiger partial charge in [-0.2, -0.15) is 96.6 Å². The molecule has 0 aliphatic heterocycles. The van der Waals surface area contributed by atoms with E-state index in [2.05, 4.69) is 4.74 Å². The van der Waals surface area contributed by atoms with E-state index in [-0.39, 0.29) is 75.0 Å². The molecule has 0 radical (unpaired) electrons. The van der Waals surface area contributed by atoms with E-state index in [1.165, 1.54) is 0 Å². The molecule has 9 aliphatic rings. The van der Waals surface area contributed by atoms with Gasteiger partial charge in [0.2, 0.25) is 0 Å². The molecule has 404 valence electrons. The first-order chi connectivity index (χ1) is 30.9. The fourth-order valence-electron chi connectivity index (χ4n) is 12.2. The maximum absolute atomic E-state index is 14.4. The van der Waals surface area contributed by atoms with Gasteiger partial charge in [0.25, 0.3) is 12.1 Å². The van der Waals surface area contributed by atoms with E-state index >= 15 is 0 Å². The van der Waals surface area contributed by atoms with Crippen LogP contribution in [0.4, 0.5) is 110 Å². The van der Waals surface area contributed by atoms with Crippen LogP contribution in [0.15, 0.2) is 0 Å². The van der Waals surface area contributed by atoms with Crippen molar-refractivity contribution in [3.63, 3.8) is 0 Å². The Balaban J connectivity index is 0.000000201. The topological polar surface area (TPSA) is 138 Å². The van der Waals surface area contributed by atoms with Crippen LogP contribution in [0.5, 0.6) is 0 Å². The second-order valence-corrected chi connectivity index (χ2v) is 19.4. The third-order valence-corrected chi connectivity index (χ3v) is 14.6. The number of hydrogen-bond acceptors (Lipinski definition) is 5. The normalized spacial score (nSPS) is 36.2. The van der Waals surface area contributed by atoms with Gasteiger partial charge in [0, 0.05) is 11.8 Å². The van der Waals surface area contributed by atoms with Crippen LogP contribution >= 0.6 is 0 Å². The Morgan fingerprint density at radius 3 is 1.19 bits per heavy atom. The van der Waals surface area contributed by atoms with Crippen LogP contribution in [0, 0.1) is 45.8 Å². The van der Waals surface area contributed by atoms with Crippen LogP contribution in [0.3, 0.4) is 0 Å². The molecule has 0 amide bonds. The predicted molar refractivity (Wildman–Crippen MR) is 173 cm³/mol. The van der Waals surface area contributed by atoms with E-state index in [1.807, 2.05) is 0 Å². The SMILES string of the molecule is O=C(O)C12CC3CC(C1)CC(C(F)(F)C(F)C(F)(F)F)(C3)C2.O=C(O)C12CC3CC(CC(OC(=O)C(F)(F)C(F)(F)C(F)(F)C(F)(F)F)(C3)C1)C2.O=C(O)C1C(F)(F)C(F)(F)C(F)(F)C(F)(F)C1(F)F. The summed E-state index contributed by atoms with van der Waals surface area (Å²) in [7, 11) is 0. The number of halogens is 25. The monoisotopic (exact) mass is 1080 g/mol. The van der Waals surface area contributed by atoms with Crippen molar-refractivity contribution in [2.75, 3.05) is 0 Å². The predicted octanol–water partition coefficient (Wildman–Crippen LogP) is 11.5. The first-order valence-corrected chi connectivity index (χ1v) is 20.0. The molecule has 5 atom stereocenters. The summed E-state index contributed by atoms with van der Waals surface area (Å²) in [6.07, 6.45) is -17.0. The molecule has 0 spiro atoms. The minimum absolute atomic E-state index is 0.150. The summed E-state index contributed by atoms with van der Waals surface area (Å²) in [6, 6.07) is 0. The lowest BCUT2D eigenvalue weighted by molar-refractivity contribution is -0.458. The van der Waals surface area contributed by atoms with Gasteiger partial charge in [-0.15, -0.1) is 0 Å². The lowest BCUT2D eigenvalue weighted by Gasteiger charge is -2.62. The van der Waals surface area contributed by atoms with Gasteiger partial charge < -0.3 is 20.1 Å². The molecule has 8 nitrogen and oxygen atoms in total. The van der Waals surface area contributed by atoms with Gasteiger partial charge in [-0.25, -0.2) is 18.0 Å². The number of alkyl halides is 25. The second-order valence-electron chi connectivity index (χ2n) is 19.4. The first-order valence-electron chi connectivity index (χ1n) is 20.0. The minimum Gasteiger partial charge on any atom is -0.481 e. The van der Waals surface area contributed by atoms with E-state index in [9.17, 15) is 139 Å². The highest BCUT2D eigenvalue weighted by atomic mass is 19.4. The molecule has 0 heterocycles. The second kappa shape index (κ2) is 16.1. The fraction of sp³-hybridized carbons (Fsp3) is 0.892. The first kappa shape index (κ1) is 57.0. The number of aliphatic carboxylic acids is 3. The minimum atomic E-state index is -7.20. The van der Waals surface area contributed by atoms with Crippen molar-refractivity contribution in [3.05, 3.63) is 0 Å². The number of carboxylic acids is 3. The summed E-state index contributed by atoms with van der Waals surface area (Å²) in [5.74, 6) is -75.3. The third kappa shape index (κ3) is 7.97. The molecule has 8 bridgehead atoms. The molecule has 9 aliphatic carbocycles. The van der Waals surface area contributed by atoms with Gasteiger partial charge >= 0.3 is 83.6 Å². The van der Waals surface area contributed by atoms with Crippen LogP contribution in [0.2, 0.25) is 0 Å². The summed E-state index contributed by atoms with van der Waals surface area (Å²) in [5, 5.41) is 26.8. The molecule has 9 saturated carbocycles. The average molecular weight is 1080 g/mol. The number of carbonyl (C=O) groups is 4. The summed E-state index contributed by atoms with van der Waals surface area (Å²) in [5.41, 5.74) is -6.98. The van der Waals surface area contributed by atoms with Crippen molar-refractivity contribution in [2.45, 2.75) is 154 Å². The highest BCUT2D eigenvalue weighted by Gasteiger charge is 2.96. The molecule has 0 saturated heterocycles. The molecule has 9 rings (SSSR count). The molecule has 9 fully saturated rings. The van der Waals surface area contributed by atoms with Crippen LogP contribution in [-0.4, -0.2) is 117 Å². The molecular weight excluding hydrogens is 1050 g/mol. The zero-order chi connectivity index (χ0) is 54.5. The van der Waals surface area contributed by atoms with E-state index < -0.39 is 136 Å². The van der Waals surface area contributed by atoms with Crippen LogP contribution in [-0.2, 0) is 23.9 Å². The Labute approximate surface area is 373 Å². The number of esters is 1. The van der Waals surface area contributed by atoms with Crippen molar-refractivity contribution in [2.24, 2.45) is 45.8 Å². The molecule has 5 unspecified atom stereocenters. The summed E-state index contributed by atoms with van der Waals surface area (Å²) in [6.45, 7) is 0. The van der Waals surface area contributed by atoms with Crippen LogP contribution < -0.4 is 0 Å². The van der Waals surface area contributed by atoms with Gasteiger partial charge in [-0.1, -0.05) is 0 Å².